The van der Waals surface area contributed by atoms with Crippen molar-refractivity contribution in [2.45, 2.75) is 18.9 Å². The van der Waals surface area contributed by atoms with Gasteiger partial charge < -0.3 is 15.4 Å². The molecule has 2 N–H and O–H groups in total. The molecule has 0 radical (unpaired) electrons. The first-order chi connectivity index (χ1) is 16.2. The molecule has 0 unspecified atom stereocenters. The minimum absolute atomic E-state index is 0.0514. The van der Waals surface area contributed by atoms with E-state index in [0.717, 1.165) is 31.8 Å². The molecule has 3 aromatic rings. The molecule has 0 saturated heterocycles. The molecule has 34 heavy (non-hydrogen) atoms. The van der Waals surface area contributed by atoms with Crippen molar-refractivity contribution in [2.75, 3.05) is 23.0 Å². The van der Waals surface area contributed by atoms with Crippen molar-refractivity contribution in [3.63, 3.8) is 0 Å². The van der Waals surface area contributed by atoms with Crippen LogP contribution < -0.4 is 10.6 Å². The number of halogens is 2. The molecule has 10 heteroatoms. The molecule has 0 spiro atoms. The molecule has 1 heterocycles. The summed E-state index contributed by atoms with van der Waals surface area (Å²) in [5.74, 6) is -1.34. The largest absolute Gasteiger partial charge is 0.452 e. The Kier molecular flexibility index (Phi) is 9.26. The van der Waals surface area contributed by atoms with Gasteiger partial charge in [0, 0.05) is 26.5 Å². The fourth-order valence-corrected chi connectivity index (χ4v) is 4.12. The predicted molar refractivity (Wildman–Crippen MR) is 140 cm³/mol. The third-order valence-corrected chi connectivity index (χ3v) is 7.33. The second-order valence-corrected chi connectivity index (χ2v) is 9.92. The number of rotatable bonds is 8. The van der Waals surface area contributed by atoms with Crippen LogP contribution in [0.4, 0.5) is 11.4 Å². The molecule has 1 aromatic heterocycles. The number of ether oxygens (including phenoxy) is 1. The second-order valence-electron chi connectivity index (χ2n) is 7.25. The standard InChI is InChI=1S/C24H21Br2N3O4S/c1-14-10-16(5-7-19(14)25)28-21(30)12-33-24(32)18-4-3-9-27-23(18)34-13-22(31)29-17-6-8-20(26)15(2)11-17/h3-11H,12-13H2,1-2H3,(H,28,30)(H,29,31). The summed E-state index contributed by atoms with van der Waals surface area (Å²) in [6.45, 7) is 3.39. The van der Waals surface area contributed by atoms with Gasteiger partial charge in [-0.2, -0.15) is 0 Å². The van der Waals surface area contributed by atoms with E-state index < -0.39 is 18.5 Å². The van der Waals surface area contributed by atoms with Crippen LogP contribution in [0.25, 0.3) is 0 Å². The Hall–Kier alpha value is -2.69. The number of nitrogens with one attached hydrogen (secondary N) is 2. The van der Waals surface area contributed by atoms with Crippen molar-refractivity contribution in [3.05, 3.63) is 80.4 Å². The first-order valence-electron chi connectivity index (χ1n) is 10.1. The number of thioether (sulfide) groups is 1. The molecular weight excluding hydrogens is 586 g/mol. The number of hydrogen-bond acceptors (Lipinski definition) is 6. The molecule has 0 bridgehead atoms. The van der Waals surface area contributed by atoms with Crippen molar-refractivity contribution in [1.29, 1.82) is 0 Å². The van der Waals surface area contributed by atoms with Crippen LogP contribution in [0.15, 0.2) is 68.7 Å². The average molecular weight is 607 g/mol. The maximum Gasteiger partial charge on any atom is 0.341 e. The highest BCUT2D eigenvalue weighted by Crippen LogP contribution is 2.23. The van der Waals surface area contributed by atoms with Crippen molar-refractivity contribution in [3.8, 4) is 0 Å². The van der Waals surface area contributed by atoms with E-state index in [2.05, 4.69) is 47.5 Å². The van der Waals surface area contributed by atoms with Gasteiger partial charge in [-0.05, 0) is 73.5 Å². The molecule has 0 fully saturated rings. The number of pyridine rings is 1. The number of hydrogen-bond donors (Lipinski definition) is 2. The second kappa shape index (κ2) is 12.1. The lowest BCUT2D eigenvalue weighted by atomic mass is 10.2. The lowest BCUT2D eigenvalue weighted by Crippen LogP contribution is -2.21. The van der Waals surface area contributed by atoms with Crippen molar-refractivity contribution < 1.29 is 19.1 Å². The number of esters is 1. The van der Waals surface area contributed by atoms with Crippen LogP contribution in [0.3, 0.4) is 0 Å². The number of amides is 2. The first-order valence-corrected chi connectivity index (χ1v) is 12.7. The molecule has 2 aromatic carbocycles. The third kappa shape index (κ3) is 7.41. The van der Waals surface area contributed by atoms with Crippen LogP contribution in [0.2, 0.25) is 0 Å². The van der Waals surface area contributed by atoms with Gasteiger partial charge in [-0.15, -0.1) is 0 Å². The molecule has 0 aliphatic rings. The van der Waals surface area contributed by atoms with Gasteiger partial charge in [0.15, 0.2) is 6.61 Å². The van der Waals surface area contributed by atoms with Crippen LogP contribution in [0.1, 0.15) is 21.5 Å². The number of nitrogens with zero attached hydrogens (tertiary/aromatic N) is 1. The summed E-state index contributed by atoms with van der Waals surface area (Å²) in [5.41, 5.74) is 3.43. The van der Waals surface area contributed by atoms with Crippen molar-refractivity contribution >= 4 is 72.8 Å². The number of carbonyl (C=O) groups excluding carboxylic acids is 3. The highest BCUT2D eigenvalue weighted by Gasteiger charge is 2.17. The van der Waals surface area contributed by atoms with Gasteiger partial charge in [-0.3, -0.25) is 9.59 Å². The number of benzene rings is 2. The Balaban J connectivity index is 1.54. The van der Waals surface area contributed by atoms with E-state index in [0.29, 0.717) is 16.4 Å². The maximum atomic E-state index is 12.6. The first kappa shape index (κ1) is 25.9. The Morgan fingerprint density at radius 2 is 1.50 bits per heavy atom. The van der Waals surface area contributed by atoms with Gasteiger partial charge in [0.25, 0.3) is 5.91 Å². The Bertz CT molecular complexity index is 1240. The average Bonchev–Trinajstić information content (AvgIpc) is 2.81. The van der Waals surface area contributed by atoms with Crippen LogP contribution in [-0.4, -0.2) is 35.1 Å². The van der Waals surface area contributed by atoms with Crippen LogP contribution in [0, 0.1) is 13.8 Å². The zero-order chi connectivity index (χ0) is 24.7. The molecule has 176 valence electrons. The zero-order valence-electron chi connectivity index (χ0n) is 18.4. The highest BCUT2D eigenvalue weighted by molar-refractivity contribution is 9.10. The van der Waals surface area contributed by atoms with Crippen molar-refractivity contribution in [2.24, 2.45) is 0 Å². The van der Waals surface area contributed by atoms with E-state index in [9.17, 15) is 14.4 Å². The predicted octanol–water partition coefficient (Wildman–Crippen LogP) is 5.75. The van der Waals surface area contributed by atoms with Gasteiger partial charge in [-0.25, -0.2) is 9.78 Å². The van der Waals surface area contributed by atoms with E-state index >= 15 is 0 Å². The topological polar surface area (TPSA) is 97.4 Å². The van der Waals surface area contributed by atoms with Crippen LogP contribution >= 0.6 is 43.6 Å². The van der Waals surface area contributed by atoms with E-state index in [1.165, 1.54) is 6.20 Å². The van der Waals surface area contributed by atoms with Gasteiger partial charge in [0.1, 0.15) is 5.03 Å². The molecule has 3 rings (SSSR count). The number of carbonyl (C=O) groups is 3. The third-order valence-electron chi connectivity index (χ3n) is 4.55. The SMILES string of the molecule is Cc1cc(NC(=O)COC(=O)c2cccnc2SCC(=O)Nc2ccc(Br)c(C)c2)ccc1Br. The lowest BCUT2D eigenvalue weighted by molar-refractivity contribution is -0.119. The summed E-state index contributed by atoms with van der Waals surface area (Å²) < 4.78 is 7.05. The molecule has 0 saturated carbocycles. The van der Waals surface area contributed by atoms with E-state index in [-0.39, 0.29) is 17.2 Å². The maximum absolute atomic E-state index is 12.6. The Morgan fingerprint density at radius 1 is 0.912 bits per heavy atom. The van der Waals surface area contributed by atoms with Gasteiger partial charge in [0.05, 0.1) is 11.3 Å². The molecule has 0 aliphatic carbocycles. The lowest BCUT2D eigenvalue weighted by Gasteiger charge is -2.10. The van der Waals surface area contributed by atoms with Gasteiger partial charge in [0.2, 0.25) is 5.91 Å². The highest BCUT2D eigenvalue weighted by atomic mass is 79.9. The van der Waals surface area contributed by atoms with Crippen molar-refractivity contribution in [1.82, 2.24) is 4.98 Å². The van der Waals surface area contributed by atoms with E-state index in [1.807, 2.05) is 32.0 Å². The fourth-order valence-electron chi connectivity index (χ4n) is 2.84. The normalized spacial score (nSPS) is 10.5. The summed E-state index contributed by atoms with van der Waals surface area (Å²) in [6, 6.07) is 14.0. The Morgan fingerprint density at radius 3 is 2.09 bits per heavy atom. The number of aromatic nitrogens is 1. The van der Waals surface area contributed by atoms with E-state index in [4.69, 9.17) is 4.74 Å². The number of anilines is 2. The molecule has 2 amide bonds. The molecular formula is C24H21Br2N3O4S. The molecule has 0 aliphatic heterocycles. The molecule has 0 atom stereocenters. The summed E-state index contributed by atoms with van der Waals surface area (Å²) in [7, 11) is 0. The van der Waals surface area contributed by atoms with Gasteiger partial charge >= 0.3 is 5.97 Å². The minimum Gasteiger partial charge on any atom is -0.452 e. The summed E-state index contributed by atoms with van der Waals surface area (Å²) in [5, 5.41) is 5.85. The van der Waals surface area contributed by atoms with E-state index in [1.54, 1.807) is 30.3 Å². The van der Waals surface area contributed by atoms with Crippen LogP contribution in [-0.2, 0) is 14.3 Å². The summed E-state index contributed by atoms with van der Waals surface area (Å²) in [6.07, 6.45) is 1.53. The molecule has 7 nitrogen and oxygen atoms in total. The summed E-state index contributed by atoms with van der Waals surface area (Å²) >= 11 is 7.94. The smallest absolute Gasteiger partial charge is 0.341 e. The van der Waals surface area contributed by atoms with Crippen LogP contribution in [0.5, 0.6) is 0 Å². The quantitative estimate of drug-likeness (QED) is 0.250. The monoisotopic (exact) mass is 605 g/mol. The summed E-state index contributed by atoms with van der Waals surface area (Å²) in [4.78, 5) is 41.3. The Labute approximate surface area is 218 Å². The number of aryl methyl sites for hydroxylation is 2. The van der Waals surface area contributed by atoms with Gasteiger partial charge in [-0.1, -0.05) is 43.6 Å². The fraction of sp³-hybridized carbons (Fsp3) is 0.167. The zero-order valence-corrected chi connectivity index (χ0v) is 22.3. The minimum atomic E-state index is -0.693.